The van der Waals surface area contributed by atoms with E-state index in [4.69, 9.17) is 22.7 Å². The maximum Gasteiger partial charge on any atom is 0.272 e. The second kappa shape index (κ2) is 9.28. The average Bonchev–Trinajstić information content (AvgIpc) is 2.65. The quantitative estimate of drug-likeness (QED) is 0.298. The van der Waals surface area contributed by atoms with Gasteiger partial charge in [-0.25, -0.2) is 0 Å². The predicted molar refractivity (Wildman–Crippen MR) is 104 cm³/mol. The number of rotatable bonds is 7. The molecule has 4 N–H and O–H groups in total. The number of benzene rings is 2. The van der Waals surface area contributed by atoms with Gasteiger partial charge in [-0.3, -0.25) is 15.0 Å². The highest BCUT2D eigenvalue weighted by Gasteiger charge is 2.18. The van der Waals surface area contributed by atoms with Crippen LogP contribution in [0.1, 0.15) is 16.8 Å². The molecule has 26 heavy (non-hydrogen) atoms. The largest absolute Gasteiger partial charge is 0.497 e. The van der Waals surface area contributed by atoms with Gasteiger partial charge in [-0.05, 0) is 48.6 Å². The standard InChI is InChI=1S/C18H18N4O3S/c1-25-14-9-7-12(8-10-14)16(23)11-15(21-22-18(19)26)17(24)20-13-5-3-2-4-6-13/h2-10H,11H2,1H3,(H,20,24)(H3,19,22,26)/b21-15-. The van der Waals surface area contributed by atoms with Crippen LogP contribution in [0.25, 0.3) is 0 Å². The highest BCUT2D eigenvalue weighted by atomic mass is 32.1. The summed E-state index contributed by atoms with van der Waals surface area (Å²) < 4.78 is 5.06. The van der Waals surface area contributed by atoms with Crippen molar-refractivity contribution in [1.82, 2.24) is 5.43 Å². The number of carbonyl (C=O) groups is 2. The first kappa shape index (κ1) is 19.1. The molecule has 0 spiro atoms. The van der Waals surface area contributed by atoms with Crippen molar-refractivity contribution in [1.29, 1.82) is 0 Å². The van der Waals surface area contributed by atoms with Gasteiger partial charge >= 0.3 is 0 Å². The van der Waals surface area contributed by atoms with E-state index >= 15 is 0 Å². The third-order valence-corrected chi connectivity index (χ3v) is 3.43. The minimum atomic E-state index is -0.526. The molecule has 0 aliphatic heterocycles. The zero-order valence-electron chi connectivity index (χ0n) is 14.1. The number of nitrogens with zero attached hydrogens (tertiary/aromatic N) is 1. The molecule has 0 saturated carbocycles. The number of thiocarbonyl (C=S) groups is 1. The van der Waals surface area contributed by atoms with Crippen LogP contribution in [0.15, 0.2) is 59.7 Å². The number of hydrogen-bond donors (Lipinski definition) is 3. The summed E-state index contributed by atoms with van der Waals surface area (Å²) in [5.41, 5.74) is 8.67. The van der Waals surface area contributed by atoms with E-state index in [0.29, 0.717) is 17.0 Å². The number of methoxy groups -OCH3 is 1. The summed E-state index contributed by atoms with van der Waals surface area (Å²) in [4.78, 5) is 24.9. The summed E-state index contributed by atoms with van der Waals surface area (Å²) in [6, 6.07) is 15.4. The van der Waals surface area contributed by atoms with Gasteiger partial charge in [-0.1, -0.05) is 18.2 Å². The molecule has 0 aliphatic rings. The molecule has 0 bridgehead atoms. The van der Waals surface area contributed by atoms with Crippen LogP contribution in [0.2, 0.25) is 0 Å². The zero-order valence-corrected chi connectivity index (χ0v) is 14.9. The number of para-hydroxylation sites is 1. The Morgan fingerprint density at radius 3 is 2.35 bits per heavy atom. The Morgan fingerprint density at radius 1 is 1.12 bits per heavy atom. The van der Waals surface area contributed by atoms with Gasteiger partial charge in [0, 0.05) is 11.3 Å². The molecule has 1 amide bonds. The molecular formula is C18H18N4O3S. The number of nitrogens with one attached hydrogen (secondary N) is 2. The molecule has 7 nitrogen and oxygen atoms in total. The van der Waals surface area contributed by atoms with Crippen molar-refractivity contribution in [3.05, 3.63) is 60.2 Å². The van der Waals surface area contributed by atoms with E-state index in [9.17, 15) is 9.59 Å². The fraction of sp³-hybridized carbons (Fsp3) is 0.111. The van der Waals surface area contributed by atoms with Crippen molar-refractivity contribution < 1.29 is 14.3 Å². The van der Waals surface area contributed by atoms with E-state index in [0.717, 1.165) is 0 Å². The fourth-order valence-electron chi connectivity index (χ4n) is 2.05. The van der Waals surface area contributed by atoms with Crippen molar-refractivity contribution >= 4 is 40.4 Å². The van der Waals surface area contributed by atoms with Crippen molar-refractivity contribution in [2.45, 2.75) is 6.42 Å². The number of hydrogen-bond acceptors (Lipinski definition) is 5. The topological polar surface area (TPSA) is 106 Å². The minimum absolute atomic E-state index is 0.0394. The van der Waals surface area contributed by atoms with Gasteiger partial charge in [0.1, 0.15) is 11.5 Å². The highest BCUT2D eigenvalue weighted by molar-refractivity contribution is 7.80. The lowest BCUT2D eigenvalue weighted by Gasteiger charge is -2.09. The van der Waals surface area contributed by atoms with Gasteiger partial charge < -0.3 is 15.8 Å². The van der Waals surface area contributed by atoms with Gasteiger partial charge in [0.25, 0.3) is 5.91 Å². The summed E-state index contributed by atoms with van der Waals surface area (Å²) in [5.74, 6) is -0.173. The molecule has 2 aromatic carbocycles. The third kappa shape index (κ3) is 5.67. The Kier molecular flexibility index (Phi) is 6.81. The Morgan fingerprint density at radius 2 is 1.77 bits per heavy atom. The number of ether oxygens (including phenoxy) is 1. The molecule has 0 unspecified atom stereocenters. The first-order valence-corrected chi connectivity index (χ1v) is 8.06. The minimum Gasteiger partial charge on any atom is -0.497 e. The van der Waals surface area contributed by atoms with Crippen LogP contribution in [0.4, 0.5) is 5.69 Å². The summed E-state index contributed by atoms with van der Waals surface area (Å²) >= 11 is 4.69. The van der Waals surface area contributed by atoms with Crippen LogP contribution in [0.5, 0.6) is 5.75 Å². The molecule has 134 valence electrons. The number of amides is 1. The Hall–Kier alpha value is -3.26. The van der Waals surface area contributed by atoms with E-state index in [1.807, 2.05) is 6.07 Å². The molecule has 2 rings (SSSR count). The predicted octanol–water partition coefficient (Wildman–Crippen LogP) is 2.10. The van der Waals surface area contributed by atoms with E-state index in [2.05, 4.69) is 15.8 Å². The van der Waals surface area contributed by atoms with Crippen molar-refractivity contribution in [2.75, 3.05) is 12.4 Å². The van der Waals surface area contributed by atoms with Crippen molar-refractivity contribution in [2.24, 2.45) is 10.8 Å². The summed E-state index contributed by atoms with van der Waals surface area (Å²) in [7, 11) is 1.54. The second-order valence-corrected chi connectivity index (χ2v) is 5.62. The number of carbonyl (C=O) groups excluding carboxylic acids is 2. The SMILES string of the molecule is COc1ccc(C(=O)C/C(=N/NC(N)=S)C(=O)Nc2ccccc2)cc1. The lowest BCUT2D eigenvalue weighted by molar-refractivity contribution is -0.110. The smallest absolute Gasteiger partial charge is 0.272 e. The highest BCUT2D eigenvalue weighted by Crippen LogP contribution is 2.13. The molecule has 0 fully saturated rings. The molecule has 8 heteroatoms. The number of ketones is 1. The second-order valence-electron chi connectivity index (χ2n) is 5.18. The van der Waals surface area contributed by atoms with Crippen LogP contribution in [-0.2, 0) is 4.79 Å². The van der Waals surface area contributed by atoms with Gasteiger partial charge in [-0.15, -0.1) is 0 Å². The van der Waals surface area contributed by atoms with Gasteiger partial charge in [-0.2, -0.15) is 5.10 Å². The Balaban J connectivity index is 2.15. The monoisotopic (exact) mass is 370 g/mol. The van der Waals surface area contributed by atoms with E-state index < -0.39 is 5.91 Å². The maximum atomic E-state index is 12.5. The maximum absolute atomic E-state index is 12.5. The molecular weight excluding hydrogens is 352 g/mol. The number of hydrazone groups is 1. The van der Waals surface area contributed by atoms with Crippen LogP contribution in [0, 0.1) is 0 Å². The average molecular weight is 370 g/mol. The lowest BCUT2D eigenvalue weighted by atomic mass is 10.0. The summed E-state index contributed by atoms with van der Waals surface area (Å²) in [6.07, 6.45) is -0.222. The first-order chi connectivity index (χ1) is 12.5. The lowest BCUT2D eigenvalue weighted by Crippen LogP contribution is -2.31. The Bertz CT molecular complexity index is 820. The Labute approximate surface area is 156 Å². The van der Waals surface area contributed by atoms with Crippen molar-refractivity contribution in [3.63, 3.8) is 0 Å². The normalized spacial score (nSPS) is 10.7. The number of Topliss-reactive ketones (excluding diaryl/α,β-unsaturated/α-hetero) is 1. The van der Waals surface area contributed by atoms with Gasteiger partial charge in [0.05, 0.1) is 13.5 Å². The van der Waals surface area contributed by atoms with E-state index in [1.165, 1.54) is 7.11 Å². The van der Waals surface area contributed by atoms with Crippen molar-refractivity contribution in [3.8, 4) is 5.75 Å². The third-order valence-electron chi connectivity index (χ3n) is 3.33. The van der Waals surface area contributed by atoms with Crippen LogP contribution in [-0.4, -0.2) is 29.6 Å². The van der Waals surface area contributed by atoms with Gasteiger partial charge in [0.15, 0.2) is 10.9 Å². The fourth-order valence-corrected chi connectivity index (χ4v) is 2.09. The van der Waals surface area contributed by atoms with E-state index in [-0.39, 0.29) is 23.0 Å². The molecule has 0 radical (unpaired) electrons. The summed E-state index contributed by atoms with van der Waals surface area (Å²) in [6.45, 7) is 0. The summed E-state index contributed by atoms with van der Waals surface area (Å²) in [5, 5.41) is 6.43. The number of anilines is 1. The van der Waals surface area contributed by atoms with Gasteiger partial charge in [0.2, 0.25) is 0 Å². The molecule has 2 aromatic rings. The molecule has 0 saturated heterocycles. The zero-order chi connectivity index (χ0) is 18.9. The van der Waals surface area contributed by atoms with E-state index in [1.54, 1.807) is 48.5 Å². The molecule has 0 aromatic heterocycles. The van der Waals surface area contributed by atoms with Crippen LogP contribution < -0.4 is 21.2 Å². The molecule has 0 aliphatic carbocycles. The first-order valence-electron chi connectivity index (χ1n) is 7.65. The molecule has 0 atom stereocenters. The number of nitrogens with two attached hydrogens (primary N) is 1. The van der Waals surface area contributed by atoms with Crippen LogP contribution in [0.3, 0.4) is 0 Å². The molecule has 0 heterocycles. The van der Waals surface area contributed by atoms with Crippen LogP contribution >= 0.6 is 12.2 Å².